The fourth-order valence-electron chi connectivity index (χ4n) is 4.03. The molecule has 0 atom stereocenters. The van der Waals surface area contributed by atoms with Crippen LogP contribution in [0.4, 0.5) is 11.4 Å². The molecule has 0 aromatic heterocycles. The molecule has 1 aliphatic rings. The number of hydrogen-bond acceptors (Lipinski definition) is 5. The molecule has 6 nitrogen and oxygen atoms in total. The van der Waals surface area contributed by atoms with Gasteiger partial charge in [0.25, 0.3) is 11.8 Å². The van der Waals surface area contributed by atoms with Crippen molar-refractivity contribution in [1.82, 2.24) is 0 Å². The zero-order chi connectivity index (χ0) is 24.6. The van der Waals surface area contributed by atoms with Crippen LogP contribution in [0, 0.1) is 27.7 Å². The van der Waals surface area contributed by atoms with E-state index in [0.717, 1.165) is 22.3 Å². The standard InChI is InChI=1S/C28H28N2O4/c1-16-10-11-20(12-18(16)3)25-26(29-21-13-22(33-5)15-23(14-21)34-6)28(32)30(27(25)31)24-9-7-8-17(2)19(24)4/h7-15,29H,1-6H3. The minimum Gasteiger partial charge on any atom is -0.497 e. The zero-order valence-corrected chi connectivity index (χ0v) is 20.3. The van der Waals surface area contributed by atoms with Crippen LogP contribution >= 0.6 is 0 Å². The van der Waals surface area contributed by atoms with E-state index in [1.165, 1.54) is 4.90 Å². The zero-order valence-electron chi connectivity index (χ0n) is 20.3. The van der Waals surface area contributed by atoms with Crippen molar-refractivity contribution in [3.05, 3.63) is 88.1 Å². The van der Waals surface area contributed by atoms with Crippen LogP contribution in [0.2, 0.25) is 0 Å². The maximum Gasteiger partial charge on any atom is 0.282 e. The van der Waals surface area contributed by atoms with E-state index in [-0.39, 0.29) is 11.6 Å². The number of amides is 2. The average molecular weight is 457 g/mol. The van der Waals surface area contributed by atoms with Gasteiger partial charge in [-0.05, 0) is 61.6 Å². The molecule has 34 heavy (non-hydrogen) atoms. The summed E-state index contributed by atoms with van der Waals surface area (Å²) in [4.78, 5) is 28.8. The van der Waals surface area contributed by atoms with Crippen LogP contribution in [0.5, 0.6) is 11.5 Å². The molecule has 0 saturated heterocycles. The van der Waals surface area contributed by atoms with Gasteiger partial charge in [0.15, 0.2) is 0 Å². The fraction of sp³-hybridized carbons (Fsp3) is 0.214. The molecule has 0 saturated carbocycles. The molecule has 4 rings (SSSR count). The van der Waals surface area contributed by atoms with Gasteiger partial charge in [-0.3, -0.25) is 9.59 Å². The Morgan fingerprint density at radius 1 is 0.735 bits per heavy atom. The number of rotatable bonds is 6. The van der Waals surface area contributed by atoms with Crippen LogP contribution in [0.15, 0.2) is 60.3 Å². The molecule has 3 aromatic carbocycles. The van der Waals surface area contributed by atoms with Gasteiger partial charge in [-0.1, -0.05) is 30.3 Å². The first kappa shape index (κ1) is 23.1. The second kappa shape index (κ2) is 9.06. The van der Waals surface area contributed by atoms with Crippen molar-refractivity contribution in [2.45, 2.75) is 27.7 Å². The second-order valence-electron chi connectivity index (χ2n) is 8.44. The lowest BCUT2D eigenvalue weighted by atomic mass is 9.99. The molecule has 2 amide bonds. The predicted octanol–water partition coefficient (Wildman–Crippen LogP) is 5.33. The summed E-state index contributed by atoms with van der Waals surface area (Å²) in [5.41, 5.74) is 6.43. The van der Waals surface area contributed by atoms with E-state index in [4.69, 9.17) is 9.47 Å². The monoisotopic (exact) mass is 456 g/mol. The maximum absolute atomic E-state index is 13.8. The SMILES string of the molecule is COc1cc(NC2=C(c3ccc(C)c(C)c3)C(=O)N(c3cccc(C)c3C)C2=O)cc(OC)c1. The highest BCUT2D eigenvalue weighted by molar-refractivity contribution is 6.46. The van der Waals surface area contributed by atoms with Gasteiger partial charge in [0.05, 0.1) is 25.5 Å². The van der Waals surface area contributed by atoms with Gasteiger partial charge in [-0.15, -0.1) is 0 Å². The summed E-state index contributed by atoms with van der Waals surface area (Å²) in [5, 5.41) is 3.19. The van der Waals surface area contributed by atoms with Crippen LogP contribution in [0.1, 0.15) is 27.8 Å². The number of methoxy groups -OCH3 is 2. The van der Waals surface area contributed by atoms with E-state index in [9.17, 15) is 9.59 Å². The average Bonchev–Trinajstić information content (AvgIpc) is 3.06. The van der Waals surface area contributed by atoms with Gasteiger partial charge in [-0.25, -0.2) is 4.90 Å². The van der Waals surface area contributed by atoms with Gasteiger partial charge in [0.1, 0.15) is 17.2 Å². The molecule has 1 aliphatic heterocycles. The van der Waals surface area contributed by atoms with Crippen molar-refractivity contribution in [2.75, 3.05) is 24.4 Å². The summed E-state index contributed by atoms with van der Waals surface area (Å²) in [7, 11) is 3.12. The normalized spacial score (nSPS) is 13.5. The molecular weight excluding hydrogens is 428 g/mol. The number of aryl methyl sites for hydroxylation is 3. The van der Waals surface area contributed by atoms with Crippen LogP contribution in [0.3, 0.4) is 0 Å². The summed E-state index contributed by atoms with van der Waals surface area (Å²) in [5.74, 6) is 0.365. The predicted molar refractivity (Wildman–Crippen MR) is 134 cm³/mol. The van der Waals surface area contributed by atoms with E-state index in [2.05, 4.69) is 5.32 Å². The van der Waals surface area contributed by atoms with Crippen molar-refractivity contribution in [3.63, 3.8) is 0 Å². The molecule has 1 heterocycles. The van der Waals surface area contributed by atoms with Gasteiger partial charge in [-0.2, -0.15) is 0 Å². The highest BCUT2D eigenvalue weighted by atomic mass is 16.5. The number of nitrogens with one attached hydrogen (secondary N) is 1. The highest BCUT2D eigenvalue weighted by Crippen LogP contribution is 2.37. The number of benzene rings is 3. The van der Waals surface area contributed by atoms with Crippen LogP contribution < -0.4 is 19.7 Å². The topological polar surface area (TPSA) is 67.9 Å². The summed E-state index contributed by atoms with van der Waals surface area (Å²) in [6, 6.07) is 16.6. The number of nitrogens with zero attached hydrogens (tertiary/aromatic N) is 1. The summed E-state index contributed by atoms with van der Waals surface area (Å²) >= 11 is 0. The Bertz CT molecular complexity index is 1320. The third kappa shape index (κ3) is 4.03. The fourth-order valence-corrected chi connectivity index (χ4v) is 4.03. The molecule has 0 fully saturated rings. The maximum atomic E-state index is 13.8. The molecule has 0 spiro atoms. The number of imide groups is 1. The Morgan fingerprint density at radius 3 is 2.03 bits per heavy atom. The third-order valence-electron chi connectivity index (χ3n) is 6.32. The Balaban J connectivity index is 1.88. The molecule has 0 radical (unpaired) electrons. The van der Waals surface area contributed by atoms with Crippen LogP contribution in [-0.2, 0) is 9.59 Å². The van der Waals surface area contributed by atoms with Crippen molar-refractivity contribution in [2.24, 2.45) is 0 Å². The number of carbonyl (C=O) groups excluding carboxylic acids is 2. The second-order valence-corrected chi connectivity index (χ2v) is 8.44. The minimum absolute atomic E-state index is 0.212. The van der Waals surface area contributed by atoms with E-state index in [1.54, 1.807) is 38.5 Å². The van der Waals surface area contributed by atoms with Crippen molar-refractivity contribution < 1.29 is 19.1 Å². The lowest BCUT2D eigenvalue weighted by Crippen LogP contribution is -2.33. The Hall–Kier alpha value is -4.06. The summed E-state index contributed by atoms with van der Waals surface area (Å²) in [6.07, 6.45) is 0. The van der Waals surface area contributed by atoms with Gasteiger partial charge in [0, 0.05) is 23.9 Å². The summed E-state index contributed by atoms with van der Waals surface area (Å²) < 4.78 is 10.7. The smallest absolute Gasteiger partial charge is 0.282 e. The van der Waals surface area contributed by atoms with Crippen molar-refractivity contribution in [1.29, 1.82) is 0 Å². The third-order valence-corrected chi connectivity index (χ3v) is 6.32. The van der Waals surface area contributed by atoms with Gasteiger partial charge < -0.3 is 14.8 Å². The molecule has 0 aliphatic carbocycles. The lowest BCUT2D eigenvalue weighted by Gasteiger charge is -2.19. The molecule has 1 N–H and O–H groups in total. The molecule has 3 aromatic rings. The first-order valence-electron chi connectivity index (χ1n) is 11.0. The number of hydrogen-bond donors (Lipinski definition) is 1. The summed E-state index contributed by atoms with van der Waals surface area (Å²) in [6.45, 7) is 7.88. The number of ether oxygens (including phenoxy) is 2. The minimum atomic E-state index is -0.409. The quantitative estimate of drug-likeness (QED) is 0.508. The van der Waals surface area contributed by atoms with Crippen molar-refractivity contribution >= 4 is 28.8 Å². The molecular formula is C28H28N2O4. The van der Waals surface area contributed by atoms with E-state index >= 15 is 0 Å². The first-order valence-corrected chi connectivity index (χ1v) is 11.0. The molecule has 6 heteroatoms. The van der Waals surface area contributed by atoms with Crippen LogP contribution in [-0.4, -0.2) is 26.0 Å². The Labute approximate surface area is 199 Å². The lowest BCUT2D eigenvalue weighted by molar-refractivity contribution is -0.120. The number of anilines is 2. The molecule has 0 bridgehead atoms. The Kier molecular flexibility index (Phi) is 6.16. The van der Waals surface area contributed by atoms with Gasteiger partial charge >= 0.3 is 0 Å². The van der Waals surface area contributed by atoms with Gasteiger partial charge in [0.2, 0.25) is 0 Å². The largest absolute Gasteiger partial charge is 0.497 e. The van der Waals surface area contributed by atoms with E-state index < -0.39 is 5.91 Å². The van der Waals surface area contributed by atoms with Crippen LogP contribution in [0.25, 0.3) is 5.57 Å². The molecule has 0 unspecified atom stereocenters. The van der Waals surface area contributed by atoms with E-state index in [0.29, 0.717) is 34.0 Å². The number of carbonyl (C=O) groups is 2. The van der Waals surface area contributed by atoms with E-state index in [1.807, 2.05) is 58.0 Å². The Morgan fingerprint density at radius 2 is 1.41 bits per heavy atom. The molecule has 174 valence electrons. The van der Waals surface area contributed by atoms with Crippen molar-refractivity contribution in [3.8, 4) is 11.5 Å². The highest BCUT2D eigenvalue weighted by Gasteiger charge is 2.41. The first-order chi connectivity index (χ1) is 16.2.